The van der Waals surface area contributed by atoms with Gasteiger partial charge in [0.25, 0.3) is 0 Å². The Bertz CT molecular complexity index is 346. The summed E-state index contributed by atoms with van der Waals surface area (Å²) in [6, 6.07) is 0. The summed E-state index contributed by atoms with van der Waals surface area (Å²) in [6.07, 6.45) is 2.68. The molecule has 3 aliphatic carbocycles. The number of halogens is 1. The molecule has 2 bridgehead atoms. The molecule has 0 aromatic rings. The average molecular weight is 293 g/mol. The summed E-state index contributed by atoms with van der Waals surface area (Å²) in [4.78, 5) is 11.9. The number of carbonyl (C=O) groups is 1. The molecule has 112 valence electrons. The molecule has 3 saturated carbocycles. The van der Waals surface area contributed by atoms with Crippen molar-refractivity contribution in [3.63, 3.8) is 0 Å². The Morgan fingerprint density at radius 1 is 1.32 bits per heavy atom. The van der Waals surface area contributed by atoms with E-state index in [1.807, 2.05) is 20.8 Å². The van der Waals surface area contributed by atoms with Crippen LogP contribution in [-0.4, -0.2) is 34.0 Å². The van der Waals surface area contributed by atoms with Gasteiger partial charge in [-0.2, -0.15) is 0 Å². The standard InChI is InChI=1S/C13H24N2O3.ClH/c1-11(2,3)18-10(17)15-13-6-4-12(14,5-7-13)8-9(13)16;/h9,16H,4-8,14H2,1-3H3,(H,15,17);1H/t9-,12?,13?;/m1./s1. The molecule has 3 fully saturated rings. The first-order valence-corrected chi connectivity index (χ1v) is 6.62. The van der Waals surface area contributed by atoms with Crippen molar-refractivity contribution in [3.8, 4) is 0 Å². The van der Waals surface area contributed by atoms with E-state index in [-0.39, 0.29) is 17.9 Å². The van der Waals surface area contributed by atoms with Crippen LogP contribution in [-0.2, 0) is 4.74 Å². The van der Waals surface area contributed by atoms with Gasteiger partial charge < -0.3 is 20.9 Å². The van der Waals surface area contributed by atoms with Gasteiger partial charge in [-0.1, -0.05) is 0 Å². The Hall–Kier alpha value is -0.520. The Morgan fingerprint density at radius 3 is 2.26 bits per heavy atom. The van der Waals surface area contributed by atoms with E-state index in [4.69, 9.17) is 10.5 Å². The zero-order valence-corrected chi connectivity index (χ0v) is 12.7. The predicted octanol–water partition coefficient (Wildman–Crippen LogP) is 1.71. The Balaban J connectivity index is 0.00000180. The molecule has 0 aliphatic heterocycles. The topological polar surface area (TPSA) is 84.6 Å². The van der Waals surface area contributed by atoms with Crippen LogP contribution in [0.3, 0.4) is 0 Å². The first-order valence-electron chi connectivity index (χ1n) is 6.62. The van der Waals surface area contributed by atoms with Crippen molar-refractivity contribution >= 4 is 18.5 Å². The molecule has 3 aliphatic rings. The molecular weight excluding hydrogens is 268 g/mol. The summed E-state index contributed by atoms with van der Waals surface area (Å²) < 4.78 is 5.27. The highest BCUT2D eigenvalue weighted by Gasteiger charge is 2.53. The minimum Gasteiger partial charge on any atom is -0.444 e. The van der Waals surface area contributed by atoms with Gasteiger partial charge in [0.05, 0.1) is 11.6 Å². The first kappa shape index (κ1) is 16.5. The molecule has 1 atom stereocenters. The third-order valence-corrected chi connectivity index (χ3v) is 4.13. The highest BCUT2D eigenvalue weighted by Crippen LogP contribution is 2.45. The molecule has 0 radical (unpaired) electrons. The molecule has 6 heteroatoms. The zero-order valence-electron chi connectivity index (χ0n) is 11.9. The van der Waals surface area contributed by atoms with E-state index in [0.29, 0.717) is 6.42 Å². The number of alkyl carbamates (subject to hydrolysis) is 1. The summed E-state index contributed by atoms with van der Waals surface area (Å²) in [5, 5.41) is 13.1. The highest BCUT2D eigenvalue weighted by molar-refractivity contribution is 5.85. The van der Waals surface area contributed by atoms with E-state index < -0.39 is 23.3 Å². The van der Waals surface area contributed by atoms with Crippen LogP contribution in [0.5, 0.6) is 0 Å². The third kappa shape index (κ3) is 3.52. The summed E-state index contributed by atoms with van der Waals surface area (Å²) >= 11 is 0. The van der Waals surface area contributed by atoms with E-state index in [1.165, 1.54) is 0 Å². The van der Waals surface area contributed by atoms with Crippen molar-refractivity contribution in [3.05, 3.63) is 0 Å². The minimum absolute atomic E-state index is 0. The number of fused-ring (bicyclic) bond motifs is 3. The molecular formula is C13H25ClN2O3. The van der Waals surface area contributed by atoms with Crippen molar-refractivity contribution < 1.29 is 14.6 Å². The lowest BCUT2D eigenvalue weighted by Gasteiger charge is -2.54. The molecule has 0 spiro atoms. The molecule has 1 amide bonds. The lowest BCUT2D eigenvalue weighted by molar-refractivity contribution is -0.0539. The number of ether oxygens (including phenoxy) is 1. The molecule has 0 unspecified atom stereocenters. The van der Waals surface area contributed by atoms with Crippen molar-refractivity contribution in [2.45, 2.75) is 75.7 Å². The number of aliphatic hydroxyl groups is 1. The SMILES string of the molecule is CC(C)(C)OC(=O)NC12CCC(N)(CC1)C[C@H]2O.Cl. The maximum Gasteiger partial charge on any atom is 0.408 e. The van der Waals surface area contributed by atoms with Gasteiger partial charge in [-0.05, 0) is 52.9 Å². The maximum atomic E-state index is 11.9. The van der Waals surface area contributed by atoms with Gasteiger partial charge in [0.15, 0.2) is 0 Å². The summed E-state index contributed by atoms with van der Waals surface area (Å²) in [5.74, 6) is 0. The molecule has 0 aromatic heterocycles. The molecule has 4 N–H and O–H groups in total. The van der Waals surface area contributed by atoms with Crippen molar-refractivity contribution in [2.75, 3.05) is 0 Å². The molecule has 0 aromatic carbocycles. The number of amides is 1. The molecule has 5 nitrogen and oxygen atoms in total. The van der Waals surface area contributed by atoms with E-state index in [0.717, 1.165) is 25.7 Å². The Labute approximate surface area is 120 Å². The lowest BCUT2D eigenvalue weighted by atomic mass is 9.60. The summed E-state index contributed by atoms with van der Waals surface area (Å²) in [6.45, 7) is 5.48. The van der Waals surface area contributed by atoms with Gasteiger partial charge in [0.2, 0.25) is 0 Å². The molecule has 19 heavy (non-hydrogen) atoms. The van der Waals surface area contributed by atoms with Gasteiger partial charge in [0, 0.05) is 5.54 Å². The Kier molecular flexibility index (Phi) is 4.45. The van der Waals surface area contributed by atoms with Crippen molar-refractivity contribution in [1.82, 2.24) is 5.32 Å². The van der Waals surface area contributed by atoms with E-state index in [2.05, 4.69) is 5.32 Å². The van der Waals surface area contributed by atoms with Gasteiger partial charge >= 0.3 is 6.09 Å². The normalized spacial score (nSPS) is 37.4. The van der Waals surface area contributed by atoms with Gasteiger partial charge in [-0.3, -0.25) is 0 Å². The fraction of sp³-hybridized carbons (Fsp3) is 0.923. The van der Waals surface area contributed by atoms with Gasteiger partial charge in [-0.25, -0.2) is 4.79 Å². The number of hydrogen-bond donors (Lipinski definition) is 3. The summed E-state index contributed by atoms with van der Waals surface area (Å²) in [7, 11) is 0. The summed E-state index contributed by atoms with van der Waals surface area (Å²) in [5.41, 5.74) is 4.88. The monoisotopic (exact) mass is 292 g/mol. The number of rotatable bonds is 1. The fourth-order valence-corrected chi connectivity index (χ4v) is 3.03. The number of hydrogen-bond acceptors (Lipinski definition) is 4. The maximum absolute atomic E-state index is 11.9. The lowest BCUT2D eigenvalue weighted by Crippen LogP contribution is -2.68. The van der Waals surface area contributed by atoms with Crippen molar-refractivity contribution in [2.24, 2.45) is 5.73 Å². The largest absolute Gasteiger partial charge is 0.444 e. The number of aliphatic hydroxyl groups excluding tert-OH is 1. The van der Waals surface area contributed by atoms with E-state index in [9.17, 15) is 9.90 Å². The minimum atomic E-state index is -0.572. The van der Waals surface area contributed by atoms with Crippen LogP contribution in [0.2, 0.25) is 0 Å². The zero-order chi connectivity index (χ0) is 13.6. The van der Waals surface area contributed by atoms with E-state index in [1.54, 1.807) is 0 Å². The average Bonchev–Trinajstić information content (AvgIpc) is 2.17. The van der Waals surface area contributed by atoms with Crippen molar-refractivity contribution in [1.29, 1.82) is 0 Å². The number of carbonyl (C=O) groups excluding carboxylic acids is 1. The van der Waals surface area contributed by atoms with Crippen LogP contribution in [0.15, 0.2) is 0 Å². The van der Waals surface area contributed by atoms with Crippen LogP contribution in [0.1, 0.15) is 52.9 Å². The second-order valence-corrected chi connectivity index (χ2v) is 6.87. The number of nitrogens with two attached hydrogens (primary N) is 1. The predicted molar refractivity (Wildman–Crippen MR) is 75.4 cm³/mol. The van der Waals surface area contributed by atoms with Crippen LogP contribution in [0.4, 0.5) is 4.79 Å². The highest BCUT2D eigenvalue weighted by atomic mass is 35.5. The van der Waals surface area contributed by atoms with Crippen LogP contribution in [0, 0.1) is 0 Å². The second kappa shape index (κ2) is 5.11. The molecule has 3 rings (SSSR count). The third-order valence-electron chi connectivity index (χ3n) is 4.13. The fourth-order valence-electron chi connectivity index (χ4n) is 3.03. The quantitative estimate of drug-likeness (QED) is 0.687. The Morgan fingerprint density at radius 2 is 1.84 bits per heavy atom. The van der Waals surface area contributed by atoms with Crippen LogP contribution >= 0.6 is 12.4 Å². The van der Waals surface area contributed by atoms with Crippen LogP contribution in [0.25, 0.3) is 0 Å². The molecule has 0 heterocycles. The van der Waals surface area contributed by atoms with Gasteiger partial charge in [-0.15, -0.1) is 12.4 Å². The number of nitrogens with one attached hydrogen (secondary N) is 1. The van der Waals surface area contributed by atoms with Gasteiger partial charge in [0.1, 0.15) is 5.60 Å². The van der Waals surface area contributed by atoms with Crippen LogP contribution < -0.4 is 11.1 Å². The first-order chi connectivity index (χ1) is 8.14. The molecule has 0 saturated heterocycles. The van der Waals surface area contributed by atoms with E-state index >= 15 is 0 Å². The smallest absolute Gasteiger partial charge is 0.408 e. The second-order valence-electron chi connectivity index (χ2n) is 6.87.